The fourth-order valence-corrected chi connectivity index (χ4v) is 2.71. The second-order valence-corrected chi connectivity index (χ2v) is 7.28. The maximum atomic E-state index is 13.4. The van der Waals surface area contributed by atoms with Crippen LogP contribution in [0.2, 0.25) is 0 Å². The Balaban J connectivity index is 1.71. The van der Waals surface area contributed by atoms with Crippen LogP contribution >= 0.6 is 0 Å². The average Bonchev–Trinajstić information content (AvgIpc) is 2.63. The van der Waals surface area contributed by atoms with Crippen molar-refractivity contribution in [2.24, 2.45) is 5.14 Å². The number of sulfonamides is 1. The quantitative estimate of drug-likeness (QED) is 0.654. The molecule has 0 saturated heterocycles. The van der Waals surface area contributed by atoms with E-state index in [1.807, 2.05) is 0 Å². The van der Waals surface area contributed by atoms with Crippen molar-refractivity contribution in [2.75, 3.05) is 6.61 Å². The Kier molecular flexibility index (Phi) is 7.03. The largest absolute Gasteiger partial charge is 0.456 e. The van der Waals surface area contributed by atoms with Gasteiger partial charge >= 0.3 is 5.97 Å². The molecule has 0 unspecified atom stereocenters. The highest BCUT2D eigenvalue weighted by Crippen LogP contribution is 2.10. The van der Waals surface area contributed by atoms with Crippen molar-refractivity contribution < 1.29 is 27.1 Å². The molecule has 0 saturated carbocycles. The summed E-state index contributed by atoms with van der Waals surface area (Å²) in [6, 6.07) is 11.8. The fourth-order valence-electron chi connectivity index (χ4n) is 2.20. The Labute approximate surface area is 156 Å². The normalized spacial score (nSPS) is 11.0. The summed E-state index contributed by atoms with van der Waals surface area (Å²) in [6.07, 6.45) is 0.343. The van der Waals surface area contributed by atoms with Crippen LogP contribution in [-0.4, -0.2) is 26.9 Å². The molecule has 144 valence electrons. The SMILES string of the molecule is NS(=O)(=O)c1ccc(CCC(=O)OCC(=O)NCc2ccccc2F)cc1. The molecule has 7 nitrogen and oxygen atoms in total. The molecular weight excluding hydrogens is 375 g/mol. The minimum absolute atomic E-state index is 0.000539. The molecule has 2 rings (SSSR count). The van der Waals surface area contributed by atoms with Crippen LogP contribution in [0.4, 0.5) is 4.39 Å². The Bertz CT molecular complexity index is 914. The minimum atomic E-state index is -3.76. The first-order valence-corrected chi connectivity index (χ1v) is 9.58. The van der Waals surface area contributed by atoms with Crippen LogP contribution in [0.25, 0.3) is 0 Å². The van der Waals surface area contributed by atoms with Crippen LogP contribution in [0.15, 0.2) is 53.4 Å². The van der Waals surface area contributed by atoms with Gasteiger partial charge in [-0.3, -0.25) is 9.59 Å². The lowest BCUT2D eigenvalue weighted by Crippen LogP contribution is -2.28. The van der Waals surface area contributed by atoms with Gasteiger partial charge in [-0.05, 0) is 30.2 Å². The molecule has 0 aromatic heterocycles. The summed E-state index contributed by atoms with van der Waals surface area (Å²) in [5.41, 5.74) is 1.06. The third-order valence-electron chi connectivity index (χ3n) is 3.67. The number of carbonyl (C=O) groups excluding carboxylic acids is 2. The maximum absolute atomic E-state index is 13.4. The third-order valence-corrected chi connectivity index (χ3v) is 4.60. The second kappa shape index (κ2) is 9.24. The van der Waals surface area contributed by atoms with Crippen molar-refractivity contribution in [3.8, 4) is 0 Å². The van der Waals surface area contributed by atoms with E-state index in [0.717, 1.165) is 5.56 Å². The second-order valence-electron chi connectivity index (χ2n) is 5.72. The van der Waals surface area contributed by atoms with Crippen molar-refractivity contribution in [2.45, 2.75) is 24.3 Å². The number of esters is 1. The lowest BCUT2D eigenvalue weighted by Gasteiger charge is -2.07. The number of benzene rings is 2. The monoisotopic (exact) mass is 394 g/mol. The van der Waals surface area contributed by atoms with Gasteiger partial charge in [0.2, 0.25) is 10.0 Å². The van der Waals surface area contributed by atoms with Crippen molar-refractivity contribution in [3.63, 3.8) is 0 Å². The van der Waals surface area contributed by atoms with Crippen molar-refractivity contribution in [1.82, 2.24) is 5.32 Å². The predicted molar refractivity (Wildman–Crippen MR) is 95.3 cm³/mol. The molecule has 0 fully saturated rings. The van der Waals surface area contributed by atoms with Crippen LogP contribution in [0.3, 0.4) is 0 Å². The zero-order chi connectivity index (χ0) is 19.9. The number of carbonyl (C=O) groups is 2. The Morgan fingerprint density at radius 3 is 2.37 bits per heavy atom. The van der Waals surface area contributed by atoms with E-state index in [1.165, 1.54) is 18.2 Å². The number of amides is 1. The van der Waals surface area contributed by atoms with Gasteiger partial charge in [0.1, 0.15) is 5.82 Å². The van der Waals surface area contributed by atoms with Gasteiger partial charge in [0.15, 0.2) is 6.61 Å². The van der Waals surface area contributed by atoms with Gasteiger partial charge in [-0.25, -0.2) is 17.9 Å². The van der Waals surface area contributed by atoms with E-state index in [0.29, 0.717) is 12.0 Å². The minimum Gasteiger partial charge on any atom is -0.456 e. The van der Waals surface area contributed by atoms with Gasteiger partial charge in [0.05, 0.1) is 4.90 Å². The van der Waals surface area contributed by atoms with Crippen LogP contribution < -0.4 is 10.5 Å². The van der Waals surface area contributed by atoms with Crippen molar-refractivity contribution >= 4 is 21.9 Å². The van der Waals surface area contributed by atoms with Crippen molar-refractivity contribution in [3.05, 3.63) is 65.5 Å². The highest BCUT2D eigenvalue weighted by molar-refractivity contribution is 7.89. The third kappa shape index (κ3) is 6.80. The fraction of sp³-hybridized carbons (Fsp3) is 0.222. The lowest BCUT2D eigenvalue weighted by atomic mass is 10.1. The molecule has 1 amide bonds. The Morgan fingerprint density at radius 1 is 1.07 bits per heavy atom. The number of hydrogen-bond acceptors (Lipinski definition) is 5. The summed E-state index contributed by atoms with van der Waals surface area (Å²) in [7, 11) is -3.76. The van der Waals surface area contributed by atoms with Gasteiger partial charge in [-0.15, -0.1) is 0 Å². The molecule has 27 heavy (non-hydrogen) atoms. The molecular formula is C18H19FN2O5S. The first-order chi connectivity index (χ1) is 12.8. The molecule has 0 heterocycles. The Morgan fingerprint density at radius 2 is 1.74 bits per heavy atom. The number of primary sulfonamides is 1. The average molecular weight is 394 g/mol. The lowest BCUT2D eigenvalue weighted by molar-refractivity contribution is -0.148. The molecule has 0 atom stereocenters. The number of nitrogens with one attached hydrogen (secondary N) is 1. The van der Waals surface area contributed by atoms with E-state index in [1.54, 1.807) is 30.3 Å². The predicted octanol–water partition coefficient (Wildman–Crippen LogP) is 1.27. The van der Waals surface area contributed by atoms with E-state index < -0.39 is 34.3 Å². The molecule has 0 aliphatic carbocycles. The summed E-state index contributed by atoms with van der Waals surface area (Å²) < 4.78 is 40.6. The molecule has 2 aromatic carbocycles. The molecule has 2 aromatic rings. The van der Waals surface area contributed by atoms with Crippen LogP contribution in [0.5, 0.6) is 0 Å². The first-order valence-electron chi connectivity index (χ1n) is 8.03. The zero-order valence-corrected chi connectivity index (χ0v) is 15.2. The number of hydrogen-bond donors (Lipinski definition) is 2. The smallest absolute Gasteiger partial charge is 0.306 e. The number of halogens is 1. The number of aryl methyl sites for hydroxylation is 1. The highest BCUT2D eigenvalue weighted by Gasteiger charge is 2.10. The van der Waals surface area contributed by atoms with Gasteiger partial charge in [-0.2, -0.15) is 0 Å². The van der Waals surface area contributed by atoms with Gasteiger partial charge in [0.25, 0.3) is 5.91 Å². The molecule has 0 radical (unpaired) electrons. The summed E-state index contributed by atoms with van der Waals surface area (Å²) in [5.74, 6) is -1.54. The Hall–Kier alpha value is -2.78. The van der Waals surface area contributed by atoms with E-state index in [2.05, 4.69) is 5.32 Å². The van der Waals surface area contributed by atoms with E-state index in [-0.39, 0.29) is 17.9 Å². The highest BCUT2D eigenvalue weighted by atomic mass is 32.2. The molecule has 0 aliphatic rings. The van der Waals surface area contributed by atoms with Gasteiger partial charge in [0, 0.05) is 18.5 Å². The number of ether oxygens (including phenoxy) is 1. The maximum Gasteiger partial charge on any atom is 0.306 e. The number of nitrogens with two attached hydrogens (primary N) is 1. The summed E-state index contributed by atoms with van der Waals surface area (Å²) in [5, 5.41) is 7.47. The summed E-state index contributed by atoms with van der Waals surface area (Å²) in [6.45, 7) is -0.461. The molecule has 9 heteroatoms. The molecule has 3 N–H and O–H groups in total. The molecule has 0 spiro atoms. The van der Waals surface area contributed by atoms with Crippen LogP contribution in [0.1, 0.15) is 17.5 Å². The van der Waals surface area contributed by atoms with Crippen molar-refractivity contribution in [1.29, 1.82) is 0 Å². The van der Waals surface area contributed by atoms with E-state index in [4.69, 9.17) is 9.88 Å². The topological polar surface area (TPSA) is 116 Å². The van der Waals surface area contributed by atoms with Crippen LogP contribution in [-0.2, 0) is 37.3 Å². The first kappa shape index (κ1) is 20.5. The zero-order valence-electron chi connectivity index (χ0n) is 14.4. The van der Waals surface area contributed by atoms with Gasteiger partial charge in [-0.1, -0.05) is 30.3 Å². The van der Waals surface area contributed by atoms with Gasteiger partial charge < -0.3 is 10.1 Å². The molecule has 0 aliphatic heterocycles. The molecule has 0 bridgehead atoms. The standard InChI is InChI=1S/C18H19FN2O5S/c19-16-4-2-1-3-14(16)11-21-17(22)12-26-18(23)10-7-13-5-8-15(9-6-13)27(20,24)25/h1-6,8-9H,7,10-12H2,(H,21,22)(H2,20,24,25). The van der Waals surface area contributed by atoms with Crippen LogP contribution in [0, 0.1) is 5.82 Å². The van der Waals surface area contributed by atoms with E-state index in [9.17, 15) is 22.4 Å². The number of rotatable bonds is 8. The van der Waals surface area contributed by atoms with E-state index >= 15 is 0 Å². The summed E-state index contributed by atoms with van der Waals surface area (Å²) in [4.78, 5) is 23.3. The summed E-state index contributed by atoms with van der Waals surface area (Å²) >= 11 is 0.